The van der Waals surface area contributed by atoms with E-state index in [1.54, 1.807) is 25.1 Å². The number of amides is 2. The summed E-state index contributed by atoms with van der Waals surface area (Å²) in [5.74, 6) is -1.73. The Morgan fingerprint density at radius 3 is 2.88 bits per heavy atom. The van der Waals surface area contributed by atoms with Crippen molar-refractivity contribution >= 4 is 23.5 Å². The minimum atomic E-state index is -0.471. The van der Waals surface area contributed by atoms with Gasteiger partial charge in [0, 0.05) is 31.3 Å². The highest BCUT2D eigenvalue weighted by Crippen LogP contribution is 2.26. The molecule has 6 nitrogen and oxygen atoms in total. The van der Waals surface area contributed by atoms with Crippen LogP contribution in [-0.2, 0) is 19.1 Å². The number of benzene rings is 1. The molecular formula is C18H21FN2O4. The summed E-state index contributed by atoms with van der Waals surface area (Å²) in [5.41, 5.74) is 0.967. The highest BCUT2D eigenvalue weighted by Gasteiger charge is 2.35. The fraction of sp³-hybridized carbons (Fsp3) is 0.389. The lowest BCUT2D eigenvalue weighted by Gasteiger charge is -2.17. The minimum absolute atomic E-state index is 0.0966. The second kappa shape index (κ2) is 8.41. The lowest BCUT2D eigenvalue weighted by Crippen LogP contribution is -2.33. The predicted molar refractivity (Wildman–Crippen MR) is 90.4 cm³/mol. The summed E-state index contributed by atoms with van der Waals surface area (Å²) in [4.78, 5) is 36.6. The number of ether oxygens (including phenoxy) is 1. The molecule has 2 rings (SSSR count). The summed E-state index contributed by atoms with van der Waals surface area (Å²) in [5, 5.41) is 2.73. The van der Waals surface area contributed by atoms with Crippen molar-refractivity contribution in [1.29, 1.82) is 0 Å². The van der Waals surface area contributed by atoms with E-state index in [-0.39, 0.29) is 30.6 Å². The maximum atomic E-state index is 13.7. The Balaban J connectivity index is 1.86. The number of hydrogen-bond donors (Lipinski definition) is 1. The van der Waals surface area contributed by atoms with Crippen LogP contribution >= 0.6 is 0 Å². The van der Waals surface area contributed by atoms with Crippen LogP contribution < -0.4 is 10.2 Å². The number of rotatable bonds is 6. The third-order valence-corrected chi connectivity index (χ3v) is 4.03. The molecule has 1 atom stereocenters. The number of esters is 1. The second-order valence-electron chi connectivity index (χ2n) is 5.84. The zero-order valence-corrected chi connectivity index (χ0v) is 14.3. The number of carbonyl (C=O) groups excluding carboxylic acids is 3. The second-order valence-corrected chi connectivity index (χ2v) is 5.84. The molecule has 1 unspecified atom stereocenters. The Morgan fingerprint density at radius 2 is 2.20 bits per heavy atom. The number of nitrogens with one attached hydrogen (secondary N) is 1. The fourth-order valence-corrected chi connectivity index (χ4v) is 2.55. The van der Waals surface area contributed by atoms with Crippen LogP contribution in [0.3, 0.4) is 0 Å². The number of aryl methyl sites for hydroxylation is 1. The molecule has 0 saturated carbocycles. The molecule has 1 aromatic carbocycles. The number of nitrogens with zero attached hydrogens (tertiary/aromatic N) is 1. The van der Waals surface area contributed by atoms with Gasteiger partial charge in [-0.25, -0.2) is 9.18 Å². The first-order valence-corrected chi connectivity index (χ1v) is 8.01. The van der Waals surface area contributed by atoms with E-state index in [9.17, 15) is 18.8 Å². The van der Waals surface area contributed by atoms with Crippen LogP contribution in [0.2, 0.25) is 0 Å². The largest absolute Gasteiger partial charge is 0.466 e. The molecule has 1 aliphatic rings. The van der Waals surface area contributed by atoms with Gasteiger partial charge < -0.3 is 15.0 Å². The van der Waals surface area contributed by atoms with E-state index in [0.717, 1.165) is 0 Å². The molecule has 1 aromatic rings. The van der Waals surface area contributed by atoms with Crippen molar-refractivity contribution in [3.05, 3.63) is 41.7 Å². The Bertz CT molecular complexity index is 702. The molecule has 1 aliphatic heterocycles. The van der Waals surface area contributed by atoms with E-state index in [1.807, 2.05) is 0 Å². The molecule has 134 valence electrons. The Labute approximate surface area is 145 Å². The van der Waals surface area contributed by atoms with Gasteiger partial charge in [-0.15, -0.1) is 0 Å². The van der Waals surface area contributed by atoms with E-state index < -0.39 is 11.9 Å². The van der Waals surface area contributed by atoms with Crippen LogP contribution in [0.4, 0.5) is 10.1 Å². The van der Waals surface area contributed by atoms with Gasteiger partial charge in [0.25, 0.3) is 0 Å². The SMILES string of the molecule is COC(=O)/C=C/CCNC(=O)C1CC(=O)N(c2ccc(C)c(F)c2)C1. The van der Waals surface area contributed by atoms with Crippen molar-refractivity contribution in [2.75, 3.05) is 25.1 Å². The molecule has 0 spiro atoms. The summed E-state index contributed by atoms with van der Waals surface area (Å²) in [6.45, 7) is 2.23. The van der Waals surface area contributed by atoms with E-state index in [1.165, 1.54) is 24.2 Å². The van der Waals surface area contributed by atoms with Crippen LogP contribution in [0, 0.1) is 18.7 Å². The Morgan fingerprint density at radius 1 is 1.44 bits per heavy atom. The minimum Gasteiger partial charge on any atom is -0.466 e. The average molecular weight is 348 g/mol. The number of carbonyl (C=O) groups is 3. The molecule has 0 aliphatic carbocycles. The number of halogens is 1. The quantitative estimate of drug-likeness (QED) is 0.483. The van der Waals surface area contributed by atoms with Gasteiger partial charge in [-0.2, -0.15) is 0 Å². The van der Waals surface area contributed by atoms with Crippen LogP contribution in [0.5, 0.6) is 0 Å². The van der Waals surface area contributed by atoms with Gasteiger partial charge in [0.15, 0.2) is 0 Å². The number of hydrogen-bond acceptors (Lipinski definition) is 4. The molecule has 0 bridgehead atoms. The topological polar surface area (TPSA) is 75.7 Å². The maximum absolute atomic E-state index is 13.7. The number of methoxy groups -OCH3 is 1. The predicted octanol–water partition coefficient (Wildman–Crippen LogP) is 1.72. The standard InChI is InChI=1S/C18H21FN2O4/c1-12-6-7-14(10-15(12)19)21-11-13(9-16(21)22)18(24)20-8-4-3-5-17(23)25-2/h3,5-7,10,13H,4,8-9,11H2,1-2H3,(H,20,24)/b5-3+. The molecule has 0 aromatic heterocycles. The third kappa shape index (κ3) is 4.89. The first-order chi connectivity index (χ1) is 11.9. The van der Waals surface area contributed by atoms with Crippen molar-refractivity contribution < 1.29 is 23.5 Å². The molecule has 1 fully saturated rings. The van der Waals surface area contributed by atoms with Gasteiger partial charge in [0.2, 0.25) is 11.8 Å². The lowest BCUT2D eigenvalue weighted by atomic mass is 10.1. The first kappa shape index (κ1) is 18.6. The van der Waals surface area contributed by atoms with Gasteiger partial charge >= 0.3 is 5.97 Å². The van der Waals surface area contributed by atoms with Crippen molar-refractivity contribution in [2.45, 2.75) is 19.8 Å². The van der Waals surface area contributed by atoms with E-state index in [4.69, 9.17) is 0 Å². The lowest BCUT2D eigenvalue weighted by molar-refractivity contribution is -0.134. The summed E-state index contributed by atoms with van der Waals surface area (Å²) < 4.78 is 18.1. The van der Waals surface area contributed by atoms with Crippen molar-refractivity contribution in [2.24, 2.45) is 5.92 Å². The summed E-state index contributed by atoms with van der Waals surface area (Å²) in [6, 6.07) is 4.60. The van der Waals surface area contributed by atoms with E-state index >= 15 is 0 Å². The van der Waals surface area contributed by atoms with Crippen molar-refractivity contribution in [1.82, 2.24) is 5.32 Å². The van der Waals surface area contributed by atoms with Gasteiger partial charge in [0.05, 0.1) is 13.0 Å². The molecular weight excluding hydrogens is 327 g/mol. The zero-order valence-electron chi connectivity index (χ0n) is 14.3. The molecule has 0 radical (unpaired) electrons. The van der Waals surface area contributed by atoms with Gasteiger partial charge in [-0.05, 0) is 31.0 Å². The highest BCUT2D eigenvalue weighted by atomic mass is 19.1. The third-order valence-electron chi connectivity index (χ3n) is 4.03. The molecule has 1 N–H and O–H groups in total. The van der Waals surface area contributed by atoms with Crippen molar-refractivity contribution in [3.8, 4) is 0 Å². The summed E-state index contributed by atoms with van der Waals surface area (Å²) >= 11 is 0. The maximum Gasteiger partial charge on any atom is 0.330 e. The van der Waals surface area contributed by atoms with Crippen LogP contribution in [0.25, 0.3) is 0 Å². The first-order valence-electron chi connectivity index (χ1n) is 8.01. The highest BCUT2D eigenvalue weighted by molar-refractivity contribution is 6.00. The Kier molecular flexibility index (Phi) is 6.27. The fourth-order valence-electron chi connectivity index (χ4n) is 2.55. The molecule has 1 saturated heterocycles. The molecule has 7 heteroatoms. The van der Waals surface area contributed by atoms with Gasteiger partial charge in [-0.3, -0.25) is 9.59 Å². The molecule has 1 heterocycles. The van der Waals surface area contributed by atoms with Crippen molar-refractivity contribution in [3.63, 3.8) is 0 Å². The number of anilines is 1. The summed E-state index contributed by atoms with van der Waals surface area (Å²) in [7, 11) is 1.29. The Hall–Kier alpha value is -2.70. The zero-order chi connectivity index (χ0) is 18.4. The van der Waals surface area contributed by atoms with Crippen LogP contribution in [-0.4, -0.2) is 38.0 Å². The monoisotopic (exact) mass is 348 g/mol. The van der Waals surface area contributed by atoms with Crippen LogP contribution in [0.15, 0.2) is 30.4 Å². The summed E-state index contributed by atoms with van der Waals surface area (Å²) in [6.07, 6.45) is 3.47. The smallest absolute Gasteiger partial charge is 0.330 e. The van der Waals surface area contributed by atoms with Gasteiger partial charge in [0.1, 0.15) is 5.82 Å². The molecule has 2 amide bonds. The molecule has 25 heavy (non-hydrogen) atoms. The van der Waals surface area contributed by atoms with E-state index in [2.05, 4.69) is 10.1 Å². The van der Waals surface area contributed by atoms with Crippen LogP contribution in [0.1, 0.15) is 18.4 Å². The van der Waals surface area contributed by atoms with Gasteiger partial charge in [-0.1, -0.05) is 12.1 Å². The van der Waals surface area contributed by atoms with E-state index in [0.29, 0.717) is 24.2 Å². The normalized spacial score (nSPS) is 17.2. The average Bonchev–Trinajstić information content (AvgIpc) is 2.98.